The van der Waals surface area contributed by atoms with Gasteiger partial charge >= 0.3 is 0 Å². The van der Waals surface area contributed by atoms with Crippen molar-refractivity contribution >= 4 is 0 Å². The van der Waals surface area contributed by atoms with Crippen molar-refractivity contribution in [3.8, 4) is 0 Å². The molecule has 1 aliphatic heterocycles. The zero-order valence-electron chi connectivity index (χ0n) is 10.6. The molecular weight excluding hydrogens is 208 g/mol. The van der Waals surface area contributed by atoms with Gasteiger partial charge in [0.1, 0.15) is 0 Å². The molecule has 1 aromatic carbocycles. The number of hydrogen-bond donors (Lipinski definition) is 1. The Morgan fingerprint density at radius 3 is 2.94 bits per heavy atom. The molecule has 1 unspecified atom stereocenters. The molecular formula is C15H22N2. The van der Waals surface area contributed by atoms with E-state index in [1.165, 1.54) is 5.56 Å². The Morgan fingerprint density at radius 1 is 1.35 bits per heavy atom. The van der Waals surface area contributed by atoms with Crippen molar-refractivity contribution in [2.45, 2.75) is 19.4 Å². The largest absolute Gasteiger partial charge is 0.311 e. The standard InChI is InChI=1S/C15H22N2/c1-2-3-10-17-11-9-16-15(13-17)12-14-7-5-4-6-8-14/h2-8,15-16H,9-13H2,1H3/b3-2+. The minimum Gasteiger partial charge on any atom is -0.311 e. The van der Waals surface area contributed by atoms with Crippen LogP contribution in [0, 0.1) is 0 Å². The second kappa shape index (κ2) is 6.58. The molecule has 1 aliphatic rings. The van der Waals surface area contributed by atoms with Crippen LogP contribution < -0.4 is 5.32 Å². The Hall–Kier alpha value is -1.12. The van der Waals surface area contributed by atoms with Gasteiger partial charge < -0.3 is 5.32 Å². The highest BCUT2D eigenvalue weighted by Crippen LogP contribution is 2.07. The highest BCUT2D eigenvalue weighted by atomic mass is 15.2. The maximum atomic E-state index is 3.61. The van der Waals surface area contributed by atoms with Gasteiger partial charge in [0.15, 0.2) is 0 Å². The van der Waals surface area contributed by atoms with Gasteiger partial charge in [-0.25, -0.2) is 0 Å². The van der Waals surface area contributed by atoms with E-state index in [4.69, 9.17) is 0 Å². The first-order valence-corrected chi connectivity index (χ1v) is 6.49. The van der Waals surface area contributed by atoms with E-state index in [9.17, 15) is 0 Å². The van der Waals surface area contributed by atoms with E-state index < -0.39 is 0 Å². The van der Waals surface area contributed by atoms with Crippen LogP contribution in [0.1, 0.15) is 12.5 Å². The quantitative estimate of drug-likeness (QED) is 0.797. The Morgan fingerprint density at radius 2 is 2.18 bits per heavy atom. The summed E-state index contributed by atoms with van der Waals surface area (Å²) < 4.78 is 0. The molecule has 92 valence electrons. The number of nitrogens with one attached hydrogen (secondary N) is 1. The number of piperazine rings is 1. The molecule has 0 saturated carbocycles. The number of benzene rings is 1. The van der Waals surface area contributed by atoms with E-state index in [0.717, 1.165) is 32.6 Å². The van der Waals surface area contributed by atoms with Crippen LogP contribution >= 0.6 is 0 Å². The molecule has 0 amide bonds. The van der Waals surface area contributed by atoms with Gasteiger partial charge in [-0.3, -0.25) is 4.90 Å². The zero-order chi connectivity index (χ0) is 11.9. The highest BCUT2D eigenvalue weighted by Gasteiger charge is 2.18. The molecule has 0 aromatic heterocycles. The van der Waals surface area contributed by atoms with Crippen molar-refractivity contribution in [1.82, 2.24) is 10.2 Å². The average Bonchev–Trinajstić information content (AvgIpc) is 2.38. The molecule has 2 heteroatoms. The van der Waals surface area contributed by atoms with Crippen LogP contribution in [-0.4, -0.2) is 37.1 Å². The van der Waals surface area contributed by atoms with Crippen LogP contribution in [0.5, 0.6) is 0 Å². The van der Waals surface area contributed by atoms with Gasteiger partial charge in [0, 0.05) is 32.2 Å². The normalized spacial score (nSPS) is 22.1. The lowest BCUT2D eigenvalue weighted by Crippen LogP contribution is -2.51. The third-order valence-corrected chi connectivity index (χ3v) is 3.26. The van der Waals surface area contributed by atoms with E-state index >= 15 is 0 Å². The van der Waals surface area contributed by atoms with Gasteiger partial charge in [0.05, 0.1) is 0 Å². The Kier molecular flexibility index (Phi) is 4.77. The van der Waals surface area contributed by atoms with E-state index in [1.807, 2.05) is 0 Å². The monoisotopic (exact) mass is 230 g/mol. The molecule has 0 bridgehead atoms. The Bertz CT molecular complexity index is 345. The molecule has 1 fully saturated rings. The van der Waals surface area contributed by atoms with E-state index in [2.05, 4.69) is 59.6 Å². The second-order valence-electron chi connectivity index (χ2n) is 4.67. The fourth-order valence-electron chi connectivity index (χ4n) is 2.35. The number of hydrogen-bond acceptors (Lipinski definition) is 2. The van der Waals surface area contributed by atoms with Crippen LogP contribution in [0.4, 0.5) is 0 Å². The van der Waals surface area contributed by atoms with Gasteiger partial charge in [0.2, 0.25) is 0 Å². The summed E-state index contributed by atoms with van der Waals surface area (Å²) in [5, 5.41) is 3.61. The van der Waals surface area contributed by atoms with Crippen molar-refractivity contribution in [1.29, 1.82) is 0 Å². The molecule has 0 aliphatic carbocycles. The molecule has 17 heavy (non-hydrogen) atoms. The second-order valence-corrected chi connectivity index (χ2v) is 4.67. The lowest BCUT2D eigenvalue weighted by atomic mass is 10.0. The minimum atomic E-state index is 0.594. The van der Waals surface area contributed by atoms with E-state index in [-0.39, 0.29) is 0 Å². The lowest BCUT2D eigenvalue weighted by molar-refractivity contribution is 0.217. The zero-order valence-corrected chi connectivity index (χ0v) is 10.6. The summed E-state index contributed by atoms with van der Waals surface area (Å²) in [6.45, 7) is 6.59. The number of allylic oxidation sites excluding steroid dienone is 1. The van der Waals surface area contributed by atoms with Crippen LogP contribution in [0.3, 0.4) is 0 Å². The predicted molar refractivity (Wildman–Crippen MR) is 73.2 cm³/mol. The van der Waals surface area contributed by atoms with Gasteiger partial charge in [-0.15, -0.1) is 0 Å². The smallest absolute Gasteiger partial charge is 0.0236 e. The molecule has 2 nitrogen and oxygen atoms in total. The molecule has 2 rings (SSSR count). The fourth-order valence-corrected chi connectivity index (χ4v) is 2.35. The first-order valence-electron chi connectivity index (χ1n) is 6.49. The summed E-state index contributed by atoms with van der Waals surface area (Å²) in [5.41, 5.74) is 1.43. The molecule has 1 atom stereocenters. The van der Waals surface area contributed by atoms with Crippen molar-refractivity contribution in [2.24, 2.45) is 0 Å². The summed E-state index contributed by atoms with van der Waals surface area (Å²) in [5.74, 6) is 0. The van der Waals surface area contributed by atoms with Gasteiger partial charge in [-0.2, -0.15) is 0 Å². The molecule has 1 aromatic rings. The van der Waals surface area contributed by atoms with Crippen LogP contribution in [0.25, 0.3) is 0 Å². The molecule has 0 spiro atoms. The number of rotatable bonds is 4. The first-order chi connectivity index (χ1) is 8.38. The average molecular weight is 230 g/mol. The predicted octanol–water partition coefficient (Wildman–Crippen LogP) is 2.08. The third-order valence-electron chi connectivity index (χ3n) is 3.26. The van der Waals surface area contributed by atoms with Crippen molar-refractivity contribution < 1.29 is 0 Å². The highest BCUT2D eigenvalue weighted by molar-refractivity contribution is 5.16. The summed E-state index contributed by atoms with van der Waals surface area (Å²) in [7, 11) is 0. The number of nitrogens with zero attached hydrogens (tertiary/aromatic N) is 1. The van der Waals surface area contributed by atoms with Gasteiger partial charge in [-0.05, 0) is 18.9 Å². The van der Waals surface area contributed by atoms with E-state index in [1.54, 1.807) is 0 Å². The van der Waals surface area contributed by atoms with Gasteiger partial charge in [-0.1, -0.05) is 42.5 Å². The maximum Gasteiger partial charge on any atom is 0.0236 e. The minimum absolute atomic E-state index is 0.594. The van der Waals surface area contributed by atoms with Crippen molar-refractivity contribution in [3.05, 3.63) is 48.0 Å². The summed E-state index contributed by atoms with van der Waals surface area (Å²) in [6, 6.07) is 11.3. The summed E-state index contributed by atoms with van der Waals surface area (Å²) in [6.07, 6.45) is 5.51. The van der Waals surface area contributed by atoms with Crippen molar-refractivity contribution in [3.63, 3.8) is 0 Å². The Labute approximate surface area is 104 Å². The SMILES string of the molecule is C/C=C/CN1CCNC(Cc2ccccc2)C1. The van der Waals surface area contributed by atoms with Crippen LogP contribution in [0.2, 0.25) is 0 Å². The van der Waals surface area contributed by atoms with Crippen LogP contribution in [0.15, 0.2) is 42.5 Å². The third kappa shape index (κ3) is 3.99. The molecule has 1 heterocycles. The van der Waals surface area contributed by atoms with E-state index in [0.29, 0.717) is 6.04 Å². The molecule has 1 N–H and O–H groups in total. The summed E-state index contributed by atoms with van der Waals surface area (Å²) in [4.78, 5) is 2.52. The van der Waals surface area contributed by atoms with Crippen LogP contribution in [-0.2, 0) is 6.42 Å². The summed E-state index contributed by atoms with van der Waals surface area (Å²) >= 11 is 0. The molecule has 0 radical (unpaired) electrons. The topological polar surface area (TPSA) is 15.3 Å². The Balaban J connectivity index is 1.85. The fraction of sp³-hybridized carbons (Fsp3) is 0.467. The lowest BCUT2D eigenvalue weighted by Gasteiger charge is -2.33. The maximum absolute atomic E-state index is 3.61. The van der Waals surface area contributed by atoms with Gasteiger partial charge in [0.25, 0.3) is 0 Å². The first kappa shape index (κ1) is 12.3. The van der Waals surface area contributed by atoms with Crippen molar-refractivity contribution in [2.75, 3.05) is 26.2 Å². The molecule has 1 saturated heterocycles.